The number of nitrogens with one attached hydrogen (secondary N) is 3. The van der Waals surface area contributed by atoms with Crippen molar-refractivity contribution in [2.45, 2.75) is 6.18 Å². The summed E-state index contributed by atoms with van der Waals surface area (Å²) < 4.78 is 36.8. The van der Waals surface area contributed by atoms with Crippen LogP contribution in [-0.4, -0.2) is 33.5 Å². The number of hydrogen-bond acceptors (Lipinski definition) is 4. The van der Waals surface area contributed by atoms with Gasteiger partial charge in [0.1, 0.15) is 0 Å². The maximum atomic E-state index is 12.3. The van der Waals surface area contributed by atoms with Crippen LogP contribution >= 0.6 is 0 Å². The van der Waals surface area contributed by atoms with E-state index in [4.69, 9.17) is 0 Å². The zero-order valence-electron chi connectivity index (χ0n) is 10.9. The average molecular weight is 313 g/mol. The number of H-pyrrole nitrogens is 1. The molecule has 0 atom stereocenters. The highest BCUT2D eigenvalue weighted by molar-refractivity contribution is 5.98. The van der Waals surface area contributed by atoms with Crippen LogP contribution in [0.4, 0.5) is 19.1 Å². The van der Waals surface area contributed by atoms with Gasteiger partial charge in [0, 0.05) is 5.56 Å². The third kappa shape index (κ3) is 4.04. The molecule has 0 fully saturated rings. The number of rotatable bonds is 4. The van der Waals surface area contributed by atoms with Gasteiger partial charge in [-0.1, -0.05) is 18.2 Å². The predicted octanol–water partition coefficient (Wildman–Crippen LogP) is 1.19. The molecule has 0 bridgehead atoms. The lowest BCUT2D eigenvalue weighted by Gasteiger charge is -2.04. The minimum atomic E-state index is -4.68. The number of benzene rings is 1. The summed E-state index contributed by atoms with van der Waals surface area (Å²) in [6.45, 7) is -0.427. The third-order valence-corrected chi connectivity index (χ3v) is 2.45. The fourth-order valence-electron chi connectivity index (χ4n) is 1.47. The van der Waals surface area contributed by atoms with Gasteiger partial charge in [-0.15, -0.1) is 5.10 Å². The number of halogens is 3. The lowest BCUT2D eigenvalue weighted by atomic mass is 10.2. The molecule has 22 heavy (non-hydrogen) atoms. The summed E-state index contributed by atoms with van der Waals surface area (Å²) in [6, 6.07) is 8.14. The van der Waals surface area contributed by atoms with Crippen LogP contribution in [0.5, 0.6) is 0 Å². The highest BCUT2D eigenvalue weighted by Gasteiger charge is 2.35. The van der Waals surface area contributed by atoms with E-state index in [1.54, 1.807) is 35.4 Å². The number of carbonyl (C=O) groups excluding carboxylic acids is 2. The van der Waals surface area contributed by atoms with E-state index in [9.17, 15) is 22.8 Å². The summed E-state index contributed by atoms with van der Waals surface area (Å²) in [5, 5.41) is 9.21. The first-order chi connectivity index (χ1) is 10.4. The second-order valence-electron chi connectivity index (χ2n) is 4.10. The zero-order valence-corrected chi connectivity index (χ0v) is 10.9. The molecule has 1 heterocycles. The zero-order chi connectivity index (χ0) is 16.2. The molecule has 2 rings (SSSR count). The van der Waals surface area contributed by atoms with E-state index in [0.29, 0.717) is 5.56 Å². The Hall–Kier alpha value is -2.91. The number of alkyl halides is 3. The molecule has 2 amide bonds. The van der Waals surface area contributed by atoms with E-state index >= 15 is 0 Å². The first-order valence-corrected chi connectivity index (χ1v) is 5.99. The molecule has 1 aromatic carbocycles. The van der Waals surface area contributed by atoms with Gasteiger partial charge >= 0.3 is 6.18 Å². The van der Waals surface area contributed by atoms with Crippen molar-refractivity contribution in [2.24, 2.45) is 0 Å². The maximum absolute atomic E-state index is 12.3. The van der Waals surface area contributed by atoms with Crippen molar-refractivity contribution in [1.82, 2.24) is 20.5 Å². The highest BCUT2D eigenvalue weighted by Crippen LogP contribution is 2.26. The Morgan fingerprint density at radius 1 is 1.18 bits per heavy atom. The van der Waals surface area contributed by atoms with E-state index < -0.39 is 36.3 Å². The molecule has 0 radical (unpaired) electrons. The number of nitrogens with zero attached hydrogens (tertiary/aromatic N) is 2. The molecule has 3 N–H and O–H groups in total. The third-order valence-electron chi connectivity index (χ3n) is 2.45. The molecular weight excluding hydrogens is 303 g/mol. The van der Waals surface area contributed by atoms with E-state index in [1.807, 2.05) is 5.32 Å². The van der Waals surface area contributed by atoms with Crippen molar-refractivity contribution < 1.29 is 22.8 Å². The van der Waals surface area contributed by atoms with Crippen LogP contribution in [0.1, 0.15) is 16.2 Å². The Morgan fingerprint density at radius 2 is 1.86 bits per heavy atom. The standard InChI is InChI=1S/C12H10F3N5O2/c13-12(14,15)10-18-11(20-19-10)17-8(21)6-16-9(22)7-4-2-1-3-5-7/h1-5H,6H2,(H,16,22)(H2,17,18,19,20,21). The Balaban J connectivity index is 1.86. The van der Waals surface area contributed by atoms with Gasteiger partial charge in [-0.25, -0.2) is 0 Å². The van der Waals surface area contributed by atoms with Gasteiger partial charge < -0.3 is 5.32 Å². The minimum absolute atomic E-state index is 0.354. The van der Waals surface area contributed by atoms with Crippen LogP contribution in [0.25, 0.3) is 0 Å². The van der Waals surface area contributed by atoms with Crippen molar-refractivity contribution >= 4 is 17.8 Å². The summed E-state index contributed by atoms with van der Waals surface area (Å²) >= 11 is 0. The van der Waals surface area contributed by atoms with Crippen molar-refractivity contribution in [3.63, 3.8) is 0 Å². The fourth-order valence-corrected chi connectivity index (χ4v) is 1.47. The van der Waals surface area contributed by atoms with Crippen molar-refractivity contribution in [3.05, 3.63) is 41.7 Å². The van der Waals surface area contributed by atoms with Gasteiger partial charge in [0.05, 0.1) is 6.54 Å². The number of aromatic amines is 1. The van der Waals surface area contributed by atoms with E-state index in [1.165, 1.54) is 0 Å². The molecule has 10 heteroatoms. The summed E-state index contributed by atoms with van der Waals surface area (Å²) in [6.07, 6.45) is -4.68. The molecule has 1 aromatic heterocycles. The van der Waals surface area contributed by atoms with Crippen LogP contribution in [0.2, 0.25) is 0 Å². The van der Waals surface area contributed by atoms with Gasteiger partial charge in [0.2, 0.25) is 17.7 Å². The predicted molar refractivity (Wildman–Crippen MR) is 68.8 cm³/mol. The van der Waals surface area contributed by atoms with Crippen molar-refractivity contribution in [3.8, 4) is 0 Å². The van der Waals surface area contributed by atoms with Crippen LogP contribution in [0.15, 0.2) is 30.3 Å². The monoisotopic (exact) mass is 313 g/mol. The van der Waals surface area contributed by atoms with Crippen molar-refractivity contribution in [1.29, 1.82) is 0 Å². The average Bonchev–Trinajstić information content (AvgIpc) is 2.94. The summed E-state index contributed by atoms with van der Waals surface area (Å²) in [5.41, 5.74) is 0.354. The molecule has 0 saturated heterocycles. The molecule has 116 valence electrons. The summed E-state index contributed by atoms with van der Waals surface area (Å²) in [5.74, 6) is -3.08. The molecule has 0 unspecified atom stereocenters. The lowest BCUT2D eigenvalue weighted by Crippen LogP contribution is -2.33. The molecule has 7 nitrogen and oxygen atoms in total. The van der Waals surface area contributed by atoms with Gasteiger partial charge in [0.25, 0.3) is 5.91 Å². The topological polar surface area (TPSA) is 99.8 Å². The molecule has 0 saturated carbocycles. The van der Waals surface area contributed by atoms with Gasteiger partial charge in [-0.3, -0.25) is 20.0 Å². The number of aromatic nitrogens is 3. The molecule has 0 spiro atoms. The second-order valence-corrected chi connectivity index (χ2v) is 4.10. The second kappa shape index (κ2) is 6.24. The SMILES string of the molecule is O=C(CNC(=O)c1ccccc1)Nc1n[nH]c(C(F)(F)F)n1. The van der Waals surface area contributed by atoms with Crippen LogP contribution in [-0.2, 0) is 11.0 Å². The molecular formula is C12H10F3N5O2. The molecule has 0 aliphatic carbocycles. The normalized spacial score (nSPS) is 11.0. The highest BCUT2D eigenvalue weighted by atomic mass is 19.4. The first-order valence-electron chi connectivity index (χ1n) is 5.99. The number of carbonyl (C=O) groups is 2. The lowest BCUT2D eigenvalue weighted by molar-refractivity contribution is -0.144. The smallest absolute Gasteiger partial charge is 0.343 e. The summed E-state index contributed by atoms with van der Waals surface area (Å²) in [4.78, 5) is 26.2. The van der Waals surface area contributed by atoms with Gasteiger partial charge in [-0.2, -0.15) is 18.2 Å². The minimum Gasteiger partial charge on any atom is -0.343 e. The van der Waals surface area contributed by atoms with Crippen LogP contribution in [0.3, 0.4) is 0 Å². The quantitative estimate of drug-likeness (QED) is 0.789. The number of anilines is 1. The van der Waals surface area contributed by atoms with Gasteiger partial charge in [-0.05, 0) is 12.1 Å². The Morgan fingerprint density at radius 3 is 2.45 bits per heavy atom. The molecule has 0 aliphatic heterocycles. The number of amides is 2. The maximum Gasteiger partial charge on any atom is 0.451 e. The largest absolute Gasteiger partial charge is 0.451 e. The number of hydrogen-bond donors (Lipinski definition) is 3. The fraction of sp³-hybridized carbons (Fsp3) is 0.167. The van der Waals surface area contributed by atoms with E-state index in [0.717, 1.165) is 0 Å². The Kier molecular flexibility index (Phi) is 4.39. The Labute approximate surface area is 121 Å². The van der Waals surface area contributed by atoms with E-state index in [2.05, 4.69) is 15.4 Å². The molecule has 2 aromatic rings. The summed E-state index contributed by atoms with van der Waals surface area (Å²) in [7, 11) is 0. The van der Waals surface area contributed by atoms with Gasteiger partial charge in [0.15, 0.2) is 0 Å². The van der Waals surface area contributed by atoms with Crippen LogP contribution < -0.4 is 10.6 Å². The Bertz CT molecular complexity index is 669. The molecule has 0 aliphatic rings. The van der Waals surface area contributed by atoms with Crippen molar-refractivity contribution in [2.75, 3.05) is 11.9 Å². The van der Waals surface area contributed by atoms with E-state index in [-0.39, 0.29) is 0 Å². The first kappa shape index (κ1) is 15.5. The van der Waals surface area contributed by atoms with Crippen LogP contribution in [0, 0.1) is 0 Å².